The molecule has 0 bridgehead atoms. The van der Waals surface area contributed by atoms with E-state index >= 15 is 0 Å². The number of benzene rings is 1. The van der Waals surface area contributed by atoms with Crippen LogP contribution in [-0.2, 0) is 0 Å². The van der Waals surface area contributed by atoms with Crippen molar-refractivity contribution in [2.45, 2.75) is 13.0 Å². The summed E-state index contributed by atoms with van der Waals surface area (Å²) in [6, 6.07) is 6.93. The molecule has 3 N–H and O–H groups in total. The summed E-state index contributed by atoms with van der Waals surface area (Å²) in [7, 11) is 1.59. The van der Waals surface area contributed by atoms with E-state index in [-0.39, 0.29) is 11.9 Å². The number of carbonyl (C=O) groups is 1. The molecule has 0 spiro atoms. The molecule has 0 aliphatic carbocycles. The minimum atomic E-state index is -0.115. The number of ether oxygens (including phenoxy) is 1. The minimum Gasteiger partial charge on any atom is -0.497 e. The summed E-state index contributed by atoms with van der Waals surface area (Å²) < 4.78 is 5.00. The third kappa shape index (κ3) is 3.25. The molecule has 0 fully saturated rings. The van der Waals surface area contributed by atoms with Crippen LogP contribution < -0.4 is 15.8 Å². The fourth-order valence-electron chi connectivity index (χ4n) is 1.11. The summed E-state index contributed by atoms with van der Waals surface area (Å²) in [6.07, 6.45) is 0. The van der Waals surface area contributed by atoms with Gasteiger partial charge < -0.3 is 15.8 Å². The molecule has 1 rings (SSSR count). The first-order valence-electron chi connectivity index (χ1n) is 4.82. The minimum absolute atomic E-state index is 0.0143. The van der Waals surface area contributed by atoms with Crippen LogP contribution in [0.15, 0.2) is 24.3 Å². The van der Waals surface area contributed by atoms with Crippen molar-refractivity contribution in [3.05, 3.63) is 29.8 Å². The highest BCUT2D eigenvalue weighted by Crippen LogP contribution is 2.11. The Hall–Kier alpha value is -1.55. The van der Waals surface area contributed by atoms with Gasteiger partial charge in [-0.3, -0.25) is 4.79 Å². The highest BCUT2D eigenvalue weighted by atomic mass is 16.5. The highest BCUT2D eigenvalue weighted by Gasteiger charge is 2.07. The molecule has 82 valence electrons. The van der Waals surface area contributed by atoms with Gasteiger partial charge in [-0.2, -0.15) is 0 Å². The summed E-state index contributed by atoms with van der Waals surface area (Å²) in [5, 5.41) is 2.78. The van der Waals surface area contributed by atoms with Gasteiger partial charge in [0.2, 0.25) is 0 Å². The predicted octanol–water partition coefficient (Wildman–Crippen LogP) is 0.772. The third-order valence-corrected chi connectivity index (χ3v) is 2.08. The van der Waals surface area contributed by atoms with Crippen LogP contribution in [0.2, 0.25) is 0 Å². The van der Waals surface area contributed by atoms with Gasteiger partial charge >= 0.3 is 0 Å². The number of carbonyl (C=O) groups excluding carboxylic acids is 1. The maximum absolute atomic E-state index is 11.6. The van der Waals surface area contributed by atoms with Gasteiger partial charge in [0.1, 0.15) is 5.75 Å². The van der Waals surface area contributed by atoms with Crippen molar-refractivity contribution >= 4 is 5.91 Å². The van der Waals surface area contributed by atoms with Crippen molar-refractivity contribution in [2.24, 2.45) is 5.73 Å². The van der Waals surface area contributed by atoms with Crippen LogP contribution in [0.4, 0.5) is 0 Å². The second kappa shape index (κ2) is 5.36. The lowest BCUT2D eigenvalue weighted by Crippen LogP contribution is -2.37. The SMILES string of the molecule is COc1ccc(C(=O)N[C@H](C)CN)cc1. The van der Waals surface area contributed by atoms with Crippen molar-refractivity contribution in [1.82, 2.24) is 5.32 Å². The molecule has 1 aromatic rings. The van der Waals surface area contributed by atoms with Crippen molar-refractivity contribution in [3.8, 4) is 5.75 Å². The lowest BCUT2D eigenvalue weighted by atomic mass is 10.2. The largest absolute Gasteiger partial charge is 0.497 e. The first-order chi connectivity index (χ1) is 7.17. The van der Waals surface area contributed by atoms with Crippen molar-refractivity contribution in [1.29, 1.82) is 0 Å². The van der Waals surface area contributed by atoms with E-state index in [0.29, 0.717) is 12.1 Å². The van der Waals surface area contributed by atoms with Gasteiger partial charge in [0.25, 0.3) is 5.91 Å². The molecule has 1 amide bonds. The van der Waals surface area contributed by atoms with Crippen molar-refractivity contribution in [2.75, 3.05) is 13.7 Å². The second-order valence-electron chi connectivity index (χ2n) is 3.34. The molecule has 1 atom stereocenters. The molecule has 4 heteroatoms. The van der Waals surface area contributed by atoms with Gasteiger partial charge in [0, 0.05) is 18.2 Å². The second-order valence-corrected chi connectivity index (χ2v) is 3.34. The predicted molar refractivity (Wildman–Crippen MR) is 59.0 cm³/mol. The molecule has 0 radical (unpaired) electrons. The van der Waals surface area contributed by atoms with Gasteiger partial charge in [0.05, 0.1) is 7.11 Å². The molecule has 0 aromatic heterocycles. The Kier molecular flexibility index (Phi) is 4.12. The molecule has 0 aliphatic rings. The molecule has 1 aromatic carbocycles. The van der Waals surface area contributed by atoms with E-state index in [1.807, 2.05) is 6.92 Å². The monoisotopic (exact) mass is 208 g/mol. The first kappa shape index (κ1) is 11.5. The Morgan fingerprint density at radius 2 is 2.07 bits per heavy atom. The molecule has 0 unspecified atom stereocenters. The lowest BCUT2D eigenvalue weighted by molar-refractivity contribution is 0.0941. The smallest absolute Gasteiger partial charge is 0.251 e. The van der Waals surface area contributed by atoms with Crippen molar-refractivity contribution in [3.63, 3.8) is 0 Å². The Morgan fingerprint density at radius 3 is 2.53 bits per heavy atom. The van der Waals surface area contributed by atoms with E-state index in [9.17, 15) is 4.79 Å². The van der Waals surface area contributed by atoms with Crippen LogP contribution in [-0.4, -0.2) is 25.6 Å². The topological polar surface area (TPSA) is 64.3 Å². The number of rotatable bonds is 4. The molecule has 15 heavy (non-hydrogen) atoms. The summed E-state index contributed by atoms with van der Waals surface area (Å²) in [5.41, 5.74) is 6.02. The molecule has 4 nitrogen and oxygen atoms in total. The summed E-state index contributed by atoms with van der Waals surface area (Å²) in [6.45, 7) is 2.29. The fourth-order valence-corrected chi connectivity index (χ4v) is 1.11. The van der Waals surface area contributed by atoms with Gasteiger partial charge in [-0.15, -0.1) is 0 Å². The van der Waals surface area contributed by atoms with Crippen molar-refractivity contribution < 1.29 is 9.53 Å². The zero-order chi connectivity index (χ0) is 11.3. The lowest BCUT2D eigenvalue weighted by Gasteiger charge is -2.11. The van der Waals surface area contributed by atoms with Gasteiger partial charge in [0.15, 0.2) is 0 Å². The van der Waals surface area contributed by atoms with Crippen LogP contribution in [0.25, 0.3) is 0 Å². The summed E-state index contributed by atoms with van der Waals surface area (Å²) >= 11 is 0. The van der Waals surface area contributed by atoms with E-state index in [1.165, 1.54) is 0 Å². The maximum atomic E-state index is 11.6. The van der Waals surface area contributed by atoms with Crippen LogP contribution in [0.5, 0.6) is 5.75 Å². The first-order valence-corrected chi connectivity index (χ1v) is 4.82. The van der Waals surface area contributed by atoms with E-state index in [0.717, 1.165) is 5.75 Å². The van der Waals surface area contributed by atoms with E-state index in [4.69, 9.17) is 10.5 Å². The maximum Gasteiger partial charge on any atom is 0.251 e. The Bertz CT molecular complexity index is 322. The number of nitrogens with two attached hydrogens (primary N) is 1. The Morgan fingerprint density at radius 1 is 1.47 bits per heavy atom. The summed E-state index contributed by atoms with van der Waals surface area (Å²) in [4.78, 5) is 11.6. The van der Waals surface area contributed by atoms with E-state index in [1.54, 1.807) is 31.4 Å². The number of amides is 1. The molecule has 0 saturated heterocycles. The Labute approximate surface area is 89.4 Å². The van der Waals surface area contributed by atoms with Gasteiger partial charge in [-0.25, -0.2) is 0 Å². The van der Waals surface area contributed by atoms with Crippen LogP contribution in [0, 0.1) is 0 Å². The normalized spacial score (nSPS) is 11.9. The zero-order valence-electron chi connectivity index (χ0n) is 8.99. The average Bonchev–Trinajstić information content (AvgIpc) is 2.29. The summed E-state index contributed by atoms with van der Waals surface area (Å²) in [5.74, 6) is 0.619. The molecular weight excluding hydrogens is 192 g/mol. The number of hydrogen-bond donors (Lipinski definition) is 2. The number of hydrogen-bond acceptors (Lipinski definition) is 3. The third-order valence-electron chi connectivity index (χ3n) is 2.08. The molecule has 0 heterocycles. The molecule has 0 aliphatic heterocycles. The quantitative estimate of drug-likeness (QED) is 0.768. The van der Waals surface area contributed by atoms with E-state index < -0.39 is 0 Å². The standard InChI is InChI=1S/C11H16N2O2/c1-8(7-12)13-11(14)9-3-5-10(15-2)6-4-9/h3-6,8H,7,12H2,1-2H3,(H,13,14)/t8-/m1/s1. The van der Waals surface area contributed by atoms with E-state index in [2.05, 4.69) is 5.32 Å². The molecule has 0 saturated carbocycles. The highest BCUT2D eigenvalue weighted by molar-refractivity contribution is 5.94. The Balaban J connectivity index is 2.66. The van der Waals surface area contributed by atoms with Crippen LogP contribution >= 0.6 is 0 Å². The van der Waals surface area contributed by atoms with Crippen LogP contribution in [0.1, 0.15) is 17.3 Å². The van der Waals surface area contributed by atoms with Crippen LogP contribution in [0.3, 0.4) is 0 Å². The molecular formula is C11H16N2O2. The number of nitrogens with one attached hydrogen (secondary N) is 1. The fraction of sp³-hybridized carbons (Fsp3) is 0.364. The zero-order valence-corrected chi connectivity index (χ0v) is 8.99. The van der Waals surface area contributed by atoms with Gasteiger partial charge in [-0.05, 0) is 31.2 Å². The average molecular weight is 208 g/mol. The number of methoxy groups -OCH3 is 1. The van der Waals surface area contributed by atoms with Gasteiger partial charge in [-0.1, -0.05) is 0 Å².